The molecule has 1 aromatic rings. The number of carbonyl (C=O) groups is 1. The first kappa shape index (κ1) is 11.9. The summed E-state index contributed by atoms with van der Waals surface area (Å²) in [5, 5.41) is 8.20. The maximum atomic E-state index is 10.6. The summed E-state index contributed by atoms with van der Waals surface area (Å²) in [6.45, 7) is 0. The Morgan fingerprint density at radius 3 is 2.44 bits per heavy atom. The van der Waals surface area contributed by atoms with E-state index in [-0.39, 0.29) is 0 Å². The third kappa shape index (κ3) is 4.93. The Kier molecular flexibility index (Phi) is 5.37. The van der Waals surface area contributed by atoms with Crippen molar-refractivity contribution in [3.8, 4) is 0 Å². The molecule has 0 aliphatic heterocycles. The second-order valence-electron chi connectivity index (χ2n) is 2.99. The van der Waals surface area contributed by atoms with E-state index < -0.39 is 5.91 Å². The lowest BCUT2D eigenvalue weighted by Crippen LogP contribution is -2.14. The fourth-order valence-corrected chi connectivity index (χ4v) is 1.04. The van der Waals surface area contributed by atoms with Gasteiger partial charge in [-0.05, 0) is 5.56 Å². The van der Waals surface area contributed by atoms with E-state index >= 15 is 0 Å². The summed E-state index contributed by atoms with van der Waals surface area (Å²) in [5.41, 5.74) is 2.62. The van der Waals surface area contributed by atoms with Crippen LogP contribution in [0.2, 0.25) is 0 Å². The summed E-state index contributed by atoms with van der Waals surface area (Å²) in [6, 6.07) is 9.89. The van der Waals surface area contributed by atoms with Crippen LogP contribution in [-0.4, -0.2) is 11.1 Å². The van der Waals surface area contributed by atoms with Crippen molar-refractivity contribution in [1.82, 2.24) is 5.48 Å². The quantitative estimate of drug-likeness (QED) is 0.350. The number of rotatable bonds is 4. The molecule has 1 rings (SSSR count). The first-order valence-electron chi connectivity index (χ1n) is 4.83. The van der Waals surface area contributed by atoms with E-state index in [4.69, 9.17) is 5.21 Å². The second kappa shape index (κ2) is 7.20. The molecule has 16 heavy (non-hydrogen) atoms. The molecule has 2 N–H and O–H groups in total. The van der Waals surface area contributed by atoms with Crippen LogP contribution in [0.4, 0.5) is 0 Å². The predicted molar refractivity (Wildman–Crippen MR) is 63.7 cm³/mol. The zero-order valence-electron chi connectivity index (χ0n) is 8.71. The van der Waals surface area contributed by atoms with E-state index in [1.54, 1.807) is 18.2 Å². The number of allylic oxidation sites excluding steroid dienone is 4. The minimum atomic E-state index is -0.545. The molecule has 0 radical (unpaired) electrons. The van der Waals surface area contributed by atoms with Crippen molar-refractivity contribution in [3.63, 3.8) is 0 Å². The largest absolute Gasteiger partial charge is 0.288 e. The number of carbonyl (C=O) groups excluding carboxylic acids is 1. The Morgan fingerprint density at radius 1 is 1.06 bits per heavy atom. The highest BCUT2D eigenvalue weighted by Crippen LogP contribution is 2.00. The van der Waals surface area contributed by atoms with Gasteiger partial charge in [-0.15, -0.1) is 0 Å². The van der Waals surface area contributed by atoms with Gasteiger partial charge in [0.2, 0.25) is 0 Å². The molecule has 3 nitrogen and oxygen atoms in total. The van der Waals surface area contributed by atoms with Crippen LogP contribution in [0.1, 0.15) is 5.56 Å². The molecule has 1 amide bonds. The highest BCUT2D eigenvalue weighted by Gasteiger charge is 1.84. The monoisotopic (exact) mass is 215 g/mol. The fourth-order valence-electron chi connectivity index (χ4n) is 1.04. The molecule has 0 aliphatic carbocycles. The van der Waals surface area contributed by atoms with E-state index in [1.165, 1.54) is 11.6 Å². The zero-order valence-corrected chi connectivity index (χ0v) is 8.71. The normalized spacial score (nSPS) is 11.6. The van der Waals surface area contributed by atoms with E-state index in [0.717, 1.165) is 5.56 Å². The highest BCUT2D eigenvalue weighted by molar-refractivity contribution is 5.86. The third-order valence-electron chi connectivity index (χ3n) is 1.78. The second-order valence-corrected chi connectivity index (χ2v) is 2.99. The first-order chi connectivity index (χ1) is 7.83. The molecule has 0 aliphatic rings. The van der Waals surface area contributed by atoms with Gasteiger partial charge in [-0.3, -0.25) is 10.0 Å². The topological polar surface area (TPSA) is 49.3 Å². The van der Waals surface area contributed by atoms with Crippen LogP contribution in [0.3, 0.4) is 0 Å². The van der Waals surface area contributed by atoms with Gasteiger partial charge >= 0.3 is 0 Å². The van der Waals surface area contributed by atoms with Crippen molar-refractivity contribution in [3.05, 3.63) is 66.3 Å². The van der Waals surface area contributed by atoms with Gasteiger partial charge in [0.1, 0.15) is 0 Å². The molecule has 0 bridgehead atoms. The number of hydrogen-bond donors (Lipinski definition) is 2. The van der Waals surface area contributed by atoms with Crippen molar-refractivity contribution >= 4 is 12.0 Å². The van der Waals surface area contributed by atoms with E-state index in [2.05, 4.69) is 0 Å². The van der Waals surface area contributed by atoms with Gasteiger partial charge in [0.15, 0.2) is 0 Å². The van der Waals surface area contributed by atoms with Crippen molar-refractivity contribution in [1.29, 1.82) is 0 Å². The summed E-state index contributed by atoms with van der Waals surface area (Å²) in [4.78, 5) is 10.6. The molecule has 0 atom stereocenters. The fraction of sp³-hybridized carbons (Fsp3) is 0. The SMILES string of the molecule is O=C(/C=C/C=C/C=C/c1ccccc1)NO. The molecule has 0 unspecified atom stereocenters. The predicted octanol–water partition coefficient (Wildman–Crippen LogP) is 2.32. The molecule has 0 spiro atoms. The van der Waals surface area contributed by atoms with Gasteiger partial charge in [0, 0.05) is 6.08 Å². The average Bonchev–Trinajstić information content (AvgIpc) is 2.34. The van der Waals surface area contributed by atoms with Gasteiger partial charge in [0.25, 0.3) is 5.91 Å². The Labute approximate surface area is 94.4 Å². The number of hydroxylamine groups is 1. The number of hydrogen-bond acceptors (Lipinski definition) is 2. The number of nitrogens with one attached hydrogen (secondary N) is 1. The Hall–Kier alpha value is -2.13. The zero-order chi connectivity index (χ0) is 11.6. The lowest BCUT2D eigenvalue weighted by Gasteiger charge is -1.88. The Balaban J connectivity index is 2.40. The first-order valence-corrected chi connectivity index (χ1v) is 4.83. The van der Waals surface area contributed by atoms with Gasteiger partial charge < -0.3 is 0 Å². The van der Waals surface area contributed by atoms with Crippen LogP contribution in [0.15, 0.2) is 60.7 Å². The molecule has 0 saturated carbocycles. The van der Waals surface area contributed by atoms with E-state index in [0.29, 0.717) is 0 Å². The van der Waals surface area contributed by atoms with Crippen LogP contribution in [0.25, 0.3) is 6.08 Å². The summed E-state index contributed by atoms with van der Waals surface area (Å²) >= 11 is 0. The smallest absolute Gasteiger partial charge is 0.267 e. The van der Waals surface area contributed by atoms with Gasteiger partial charge in [-0.1, -0.05) is 60.7 Å². The Morgan fingerprint density at radius 2 is 1.75 bits per heavy atom. The Bertz CT molecular complexity index is 405. The van der Waals surface area contributed by atoms with Gasteiger partial charge in [-0.25, -0.2) is 5.48 Å². The van der Waals surface area contributed by atoms with Crippen molar-refractivity contribution in [2.45, 2.75) is 0 Å². The lowest BCUT2D eigenvalue weighted by atomic mass is 10.2. The van der Waals surface area contributed by atoms with Crippen LogP contribution in [0, 0.1) is 0 Å². The maximum Gasteiger partial charge on any atom is 0.267 e. The molecule has 0 fully saturated rings. The van der Waals surface area contributed by atoms with Gasteiger partial charge in [-0.2, -0.15) is 0 Å². The van der Waals surface area contributed by atoms with Crippen LogP contribution >= 0.6 is 0 Å². The van der Waals surface area contributed by atoms with Gasteiger partial charge in [0.05, 0.1) is 0 Å². The molecular formula is C13H13NO2. The molecule has 0 saturated heterocycles. The molecule has 82 valence electrons. The van der Waals surface area contributed by atoms with Crippen molar-refractivity contribution < 1.29 is 10.0 Å². The molecular weight excluding hydrogens is 202 g/mol. The molecule has 0 heterocycles. The number of benzene rings is 1. The van der Waals surface area contributed by atoms with Crippen LogP contribution in [0.5, 0.6) is 0 Å². The molecule has 1 aromatic carbocycles. The third-order valence-corrected chi connectivity index (χ3v) is 1.78. The maximum absolute atomic E-state index is 10.6. The summed E-state index contributed by atoms with van der Waals surface area (Å²) in [5.74, 6) is -0.545. The van der Waals surface area contributed by atoms with Crippen LogP contribution in [-0.2, 0) is 4.79 Å². The summed E-state index contributed by atoms with van der Waals surface area (Å²) in [7, 11) is 0. The minimum Gasteiger partial charge on any atom is -0.288 e. The number of amides is 1. The molecule has 3 heteroatoms. The van der Waals surface area contributed by atoms with Crippen molar-refractivity contribution in [2.24, 2.45) is 0 Å². The minimum absolute atomic E-state index is 0.545. The highest BCUT2D eigenvalue weighted by atomic mass is 16.5. The lowest BCUT2D eigenvalue weighted by molar-refractivity contribution is -0.124. The summed E-state index contributed by atoms with van der Waals surface area (Å²) < 4.78 is 0. The van der Waals surface area contributed by atoms with E-state index in [9.17, 15) is 4.79 Å². The van der Waals surface area contributed by atoms with E-state index in [1.807, 2.05) is 42.5 Å². The molecule has 0 aromatic heterocycles. The van der Waals surface area contributed by atoms with Crippen molar-refractivity contribution in [2.75, 3.05) is 0 Å². The summed E-state index contributed by atoms with van der Waals surface area (Å²) in [6.07, 6.45) is 10.1. The standard InChI is InChI=1S/C13H13NO2/c15-13(14-16)11-7-2-1-4-8-12-9-5-3-6-10-12/h1-11,16H,(H,14,15)/b2-1+,8-4+,11-7+. The van der Waals surface area contributed by atoms with Crippen LogP contribution < -0.4 is 5.48 Å². The average molecular weight is 215 g/mol.